The Morgan fingerprint density at radius 2 is 2.25 bits per heavy atom. The van der Waals surface area contributed by atoms with Crippen LogP contribution in [0, 0.1) is 0 Å². The second-order valence-electron chi connectivity index (χ2n) is 5.30. The topological polar surface area (TPSA) is 68.0 Å². The number of rotatable bonds is 6. The minimum atomic E-state index is -0.173. The summed E-state index contributed by atoms with van der Waals surface area (Å²) in [5.74, 6) is 1.01. The van der Waals surface area contributed by atoms with Gasteiger partial charge < -0.3 is 9.73 Å². The number of aryl methyl sites for hydroxylation is 1. The first-order valence-electron chi connectivity index (χ1n) is 6.66. The van der Waals surface area contributed by atoms with E-state index in [2.05, 4.69) is 15.5 Å². The van der Waals surface area contributed by atoms with Gasteiger partial charge in [0, 0.05) is 29.3 Å². The van der Waals surface area contributed by atoms with Gasteiger partial charge in [-0.3, -0.25) is 4.79 Å². The number of carbonyl (C=O) groups is 1. The number of nitrogens with zero attached hydrogens (tertiary/aromatic N) is 2. The molecule has 0 saturated carbocycles. The Kier molecular flexibility index (Phi) is 4.54. The summed E-state index contributed by atoms with van der Waals surface area (Å²) in [6.45, 7) is 6.06. The predicted octanol–water partition coefficient (Wildman–Crippen LogP) is 3.04. The maximum Gasteiger partial charge on any atom is 0.248 e. The lowest BCUT2D eigenvalue weighted by molar-refractivity contribution is -0.122. The zero-order valence-electron chi connectivity index (χ0n) is 12.0. The third-order valence-electron chi connectivity index (χ3n) is 3.16. The van der Waals surface area contributed by atoms with Gasteiger partial charge >= 0.3 is 0 Å². The van der Waals surface area contributed by atoms with Gasteiger partial charge in [-0.1, -0.05) is 6.92 Å². The average molecular weight is 293 g/mol. The van der Waals surface area contributed by atoms with Crippen molar-refractivity contribution >= 4 is 17.2 Å². The molecule has 5 nitrogen and oxygen atoms in total. The Hall–Kier alpha value is -1.69. The van der Waals surface area contributed by atoms with Crippen molar-refractivity contribution in [2.24, 2.45) is 0 Å². The van der Waals surface area contributed by atoms with Crippen LogP contribution in [0.2, 0.25) is 0 Å². The van der Waals surface area contributed by atoms with E-state index in [9.17, 15) is 4.79 Å². The molecule has 0 fully saturated rings. The first kappa shape index (κ1) is 14.7. The van der Waals surface area contributed by atoms with E-state index in [-0.39, 0.29) is 11.4 Å². The molecule has 1 N–H and O–H groups in total. The first-order chi connectivity index (χ1) is 9.50. The zero-order valence-corrected chi connectivity index (χ0v) is 12.8. The third kappa shape index (κ3) is 3.90. The van der Waals surface area contributed by atoms with E-state index in [0.717, 1.165) is 12.0 Å². The molecular weight excluding hydrogens is 274 g/mol. The van der Waals surface area contributed by atoms with E-state index < -0.39 is 0 Å². The van der Waals surface area contributed by atoms with Gasteiger partial charge in [0.2, 0.25) is 17.7 Å². The highest BCUT2D eigenvalue weighted by Gasteiger charge is 2.18. The molecule has 2 aromatic rings. The van der Waals surface area contributed by atoms with Crippen molar-refractivity contribution in [3.63, 3.8) is 0 Å². The molecule has 1 amide bonds. The summed E-state index contributed by atoms with van der Waals surface area (Å²) in [6, 6.07) is 1.93. The van der Waals surface area contributed by atoms with Crippen molar-refractivity contribution < 1.29 is 9.21 Å². The van der Waals surface area contributed by atoms with Crippen LogP contribution in [-0.2, 0) is 11.2 Å². The largest absolute Gasteiger partial charge is 0.421 e. The molecule has 2 heterocycles. The highest BCUT2D eigenvalue weighted by atomic mass is 32.1. The molecule has 0 aromatic carbocycles. The first-order valence-corrected chi connectivity index (χ1v) is 7.60. The highest BCUT2D eigenvalue weighted by molar-refractivity contribution is 7.08. The minimum Gasteiger partial charge on any atom is -0.421 e. The molecule has 0 spiro atoms. The highest BCUT2D eigenvalue weighted by Crippen LogP contribution is 2.20. The SMILES string of the molecule is CCC(C)(C)NC(=O)CCc1nnc(-c2ccsc2)o1. The fourth-order valence-electron chi connectivity index (χ4n) is 1.61. The zero-order chi connectivity index (χ0) is 14.6. The number of hydrogen-bond donors (Lipinski definition) is 1. The third-order valence-corrected chi connectivity index (χ3v) is 3.85. The molecule has 108 valence electrons. The van der Waals surface area contributed by atoms with E-state index in [4.69, 9.17) is 4.42 Å². The molecule has 2 rings (SSSR count). The van der Waals surface area contributed by atoms with Gasteiger partial charge in [0.05, 0.1) is 0 Å². The fraction of sp³-hybridized carbons (Fsp3) is 0.500. The summed E-state index contributed by atoms with van der Waals surface area (Å²) in [4.78, 5) is 11.8. The van der Waals surface area contributed by atoms with Gasteiger partial charge in [-0.25, -0.2) is 0 Å². The second-order valence-corrected chi connectivity index (χ2v) is 6.08. The Labute approximate surface area is 122 Å². The molecule has 0 saturated heterocycles. The summed E-state index contributed by atoms with van der Waals surface area (Å²) >= 11 is 1.58. The van der Waals surface area contributed by atoms with Crippen molar-refractivity contribution in [1.82, 2.24) is 15.5 Å². The second kappa shape index (κ2) is 6.17. The van der Waals surface area contributed by atoms with Crippen LogP contribution < -0.4 is 5.32 Å². The number of hydrogen-bond acceptors (Lipinski definition) is 5. The van der Waals surface area contributed by atoms with Crippen LogP contribution in [0.3, 0.4) is 0 Å². The number of carbonyl (C=O) groups excluding carboxylic acids is 1. The summed E-state index contributed by atoms with van der Waals surface area (Å²) in [6.07, 6.45) is 1.71. The number of thiophene rings is 1. The smallest absolute Gasteiger partial charge is 0.248 e. The normalized spacial score (nSPS) is 11.6. The van der Waals surface area contributed by atoms with Crippen LogP contribution in [0.5, 0.6) is 0 Å². The summed E-state index contributed by atoms with van der Waals surface area (Å²) in [5.41, 5.74) is 0.749. The Bertz CT molecular complexity index is 561. The monoisotopic (exact) mass is 293 g/mol. The van der Waals surface area contributed by atoms with E-state index in [1.807, 2.05) is 37.6 Å². The number of aromatic nitrogens is 2. The van der Waals surface area contributed by atoms with Crippen molar-refractivity contribution in [3.05, 3.63) is 22.7 Å². The van der Waals surface area contributed by atoms with Crippen LogP contribution in [0.4, 0.5) is 0 Å². The maximum atomic E-state index is 11.8. The van der Waals surface area contributed by atoms with Crippen LogP contribution in [0.15, 0.2) is 21.2 Å². The molecule has 0 atom stereocenters. The van der Waals surface area contributed by atoms with Crippen LogP contribution in [-0.4, -0.2) is 21.6 Å². The molecule has 0 aliphatic carbocycles. The Balaban J connectivity index is 1.87. The van der Waals surface area contributed by atoms with Gasteiger partial charge in [0.1, 0.15) is 0 Å². The van der Waals surface area contributed by atoms with Crippen molar-refractivity contribution in [2.45, 2.75) is 45.6 Å². The Morgan fingerprint density at radius 3 is 2.90 bits per heavy atom. The average Bonchev–Trinajstić information content (AvgIpc) is 3.06. The van der Waals surface area contributed by atoms with Gasteiger partial charge in [-0.2, -0.15) is 11.3 Å². The number of amides is 1. The lowest BCUT2D eigenvalue weighted by Crippen LogP contribution is -2.42. The molecule has 2 aromatic heterocycles. The standard InChI is InChI=1S/C14H19N3O2S/c1-4-14(2,3)15-11(18)5-6-12-16-17-13(19-12)10-7-8-20-9-10/h7-9H,4-6H2,1-3H3,(H,15,18). The lowest BCUT2D eigenvalue weighted by Gasteiger charge is -2.24. The van der Waals surface area contributed by atoms with Gasteiger partial charge in [0.15, 0.2) is 0 Å². The summed E-state index contributed by atoms with van der Waals surface area (Å²) in [5, 5.41) is 14.8. The number of nitrogens with one attached hydrogen (secondary N) is 1. The van der Waals surface area contributed by atoms with E-state index in [1.54, 1.807) is 11.3 Å². The summed E-state index contributed by atoms with van der Waals surface area (Å²) in [7, 11) is 0. The lowest BCUT2D eigenvalue weighted by atomic mass is 10.0. The maximum absolute atomic E-state index is 11.8. The quantitative estimate of drug-likeness (QED) is 0.889. The van der Waals surface area contributed by atoms with Crippen molar-refractivity contribution in [1.29, 1.82) is 0 Å². The fourth-order valence-corrected chi connectivity index (χ4v) is 2.24. The predicted molar refractivity (Wildman–Crippen MR) is 78.4 cm³/mol. The molecule has 0 radical (unpaired) electrons. The molecule has 0 aliphatic rings. The molecular formula is C14H19N3O2S. The molecule has 0 unspecified atom stereocenters. The van der Waals surface area contributed by atoms with Crippen LogP contribution in [0.25, 0.3) is 11.5 Å². The molecule has 0 bridgehead atoms. The van der Waals surface area contributed by atoms with Gasteiger partial charge in [-0.05, 0) is 31.7 Å². The van der Waals surface area contributed by atoms with Crippen LogP contribution >= 0.6 is 11.3 Å². The summed E-state index contributed by atoms with van der Waals surface area (Å²) < 4.78 is 5.54. The van der Waals surface area contributed by atoms with Gasteiger partial charge in [-0.15, -0.1) is 10.2 Å². The Morgan fingerprint density at radius 1 is 1.45 bits per heavy atom. The van der Waals surface area contributed by atoms with E-state index in [1.165, 1.54) is 0 Å². The minimum absolute atomic E-state index is 0.00660. The van der Waals surface area contributed by atoms with Crippen LogP contribution in [0.1, 0.15) is 39.5 Å². The van der Waals surface area contributed by atoms with E-state index in [0.29, 0.717) is 24.6 Å². The van der Waals surface area contributed by atoms with Gasteiger partial charge in [0.25, 0.3) is 0 Å². The van der Waals surface area contributed by atoms with Crippen molar-refractivity contribution in [3.8, 4) is 11.5 Å². The molecule has 20 heavy (non-hydrogen) atoms. The molecule has 0 aliphatic heterocycles. The molecule has 6 heteroatoms. The van der Waals surface area contributed by atoms with Crippen molar-refractivity contribution in [2.75, 3.05) is 0 Å². The van der Waals surface area contributed by atoms with E-state index >= 15 is 0 Å².